The van der Waals surface area contributed by atoms with Gasteiger partial charge in [-0.3, -0.25) is 4.79 Å². The summed E-state index contributed by atoms with van der Waals surface area (Å²) in [5.41, 5.74) is 1.98. The lowest BCUT2D eigenvalue weighted by Gasteiger charge is -2.11. The Morgan fingerprint density at radius 1 is 1.20 bits per heavy atom. The molecule has 0 aliphatic carbocycles. The van der Waals surface area contributed by atoms with E-state index in [2.05, 4.69) is 13.8 Å². The van der Waals surface area contributed by atoms with E-state index in [1.807, 2.05) is 31.2 Å². The van der Waals surface area contributed by atoms with Crippen LogP contribution < -0.4 is 0 Å². The van der Waals surface area contributed by atoms with Crippen LogP contribution in [0.15, 0.2) is 24.3 Å². The highest BCUT2D eigenvalue weighted by Gasteiger charge is 2.13. The van der Waals surface area contributed by atoms with E-state index in [1.54, 1.807) is 0 Å². The van der Waals surface area contributed by atoms with Gasteiger partial charge in [0.1, 0.15) is 0 Å². The molecule has 0 aliphatic heterocycles. The van der Waals surface area contributed by atoms with E-state index in [9.17, 15) is 4.79 Å². The van der Waals surface area contributed by atoms with Crippen molar-refractivity contribution >= 4 is 5.78 Å². The van der Waals surface area contributed by atoms with Crippen LogP contribution in [0.3, 0.4) is 0 Å². The molecule has 1 nitrogen and oxygen atoms in total. The molecule has 82 valence electrons. The van der Waals surface area contributed by atoms with E-state index in [-0.39, 0.29) is 0 Å². The third-order valence-corrected chi connectivity index (χ3v) is 3.07. The number of ketones is 1. The Balaban J connectivity index is 2.73. The van der Waals surface area contributed by atoms with Gasteiger partial charge in [0.05, 0.1) is 0 Å². The fraction of sp³-hybridized carbons (Fsp3) is 0.500. The Labute approximate surface area is 92.5 Å². The van der Waals surface area contributed by atoms with Gasteiger partial charge in [0.25, 0.3) is 0 Å². The third kappa shape index (κ3) is 3.19. The lowest BCUT2D eigenvalue weighted by Crippen LogP contribution is -2.08. The van der Waals surface area contributed by atoms with E-state index < -0.39 is 0 Å². The Hall–Kier alpha value is -1.11. The quantitative estimate of drug-likeness (QED) is 0.662. The number of benzene rings is 1. The maximum Gasteiger partial charge on any atom is 0.163 e. The van der Waals surface area contributed by atoms with E-state index in [1.165, 1.54) is 0 Å². The molecule has 0 aromatic heterocycles. The molecule has 0 amide bonds. The number of carbonyl (C=O) groups excluding carboxylic acids is 1. The van der Waals surface area contributed by atoms with Gasteiger partial charge in [-0.2, -0.15) is 0 Å². The minimum atomic E-state index is 0.293. The molecule has 1 aromatic rings. The van der Waals surface area contributed by atoms with Gasteiger partial charge in [-0.05, 0) is 18.4 Å². The molecule has 0 saturated heterocycles. The van der Waals surface area contributed by atoms with Crippen molar-refractivity contribution in [1.29, 1.82) is 0 Å². The van der Waals surface area contributed by atoms with Crippen molar-refractivity contribution in [2.45, 2.75) is 40.0 Å². The fourth-order valence-electron chi connectivity index (χ4n) is 1.84. The highest BCUT2D eigenvalue weighted by atomic mass is 16.1. The molecular formula is C14H20O. The first kappa shape index (κ1) is 12.0. The predicted octanol–water partition coefficient (Wildman–Crippen LogP) is 4.00. The van der Waals surface area contributed by atoms with Crippen molar-refractivity contribution in [3.8, 4) is 0 Å². The molecule has 0 saturated carbocycles. The molecular weight excluding hydrogens is 184 g/mol. The summed E-state index contributed by atoms with van der Waals surface area (Å²) >= 11 is 0. The van der Waals surface area contributed by atoms with Gasteiger partial charge < -0.3 is 0 Å². The molecule has 0 spiro atoms. The van der Waals surface area contributed by atoms with Crippen molar-refractivity contribution in [3.05, 3.63) is 35.4 Å². The molecule has 0 fully saturated rings. The molecule has 15 heavy (non-hydrogen) atoms. The van der Waals surface area contributed by atoms with Gasteiger partial charge >= 0.3 is 0 Å². The zero-order chi connectivity index (χ0) is 11.3. The van der Waals surface area contributed by atoms with Crippen LogP contribution in [0.2, 0.25) is 0 Å². The minimum Gasteiger partial charge on any atom is -0.294 e. The van der Waals surface area contributed by atoms with E-state index in [0.717, 1.165) is 24.0 Å². The molecule has 0 aliphatic rings. The van der Waals surface area contributed by atoms with Crippen LogP contribution in [0.4, 0.5) is 0 Å². The number of carbonyl (C=O) groups is 1. The Bertz CT molecular complexity index is 324. The zero-order valence-electron chi connectivity index (χ0n) is 9.92. The summed E-state index contributed by atoms with van der Waals surface area (Å²) < 4.78 is 0. The summed E-state index contributed by atoms with van der Waals surface area (Å²) in [4.78, 5) is 12.0. The summed E-state index contributed by atoms with van der Waals surface area (Å²) in [6.45, 7) is 6.30. The molecule has 0 heterocycles. The third-order valence-electron chi connectivity index (χ3n) is 3.07. The first-order chi connectivity index (χ1) is 7.19. The smallest absolute Gasteiger partial charge is 0.163 e. The molecule has 1 rings (SSSR count). The zero-order valence-corrected chi connectivity index (χ0v) is 9.92. The van der Waals surface area contributed by atoms with Crippen LogP contribution >= 0.6 is 0 Å². The van der Waals surface area contributed by atoms with E-state index >= 15 is 0 Å². The molecule has 0 radical (unpaired) electrons. The summed E-state index contributed by atoms with van der Waals surface area (Å²) in [5.74, 6) is 0.832. The van der Waals surface area contributed by atoms with Crippen LogP contribution in [-0.2, 0) is 0 Å². The monoisotopic (exact) mass is 204 g/mol. The summed E-state index contributed by atoms with van der Waals surface area (Å²) in [6.07, 6.45) is 2.88. The van der Waals surface area contributed by atoms with Crippen LogP contribution in [0.1, 0.15) is 49.0 Å². The molecule has 0 unspecified atom stereocenters. The second-order valence-electron chi connectivity index (χ2n) is 4.12. The van der Waals surface area contributed by atoms with Gasteiger partial charge in [-0.25, -0.2) is 0 Å². The van der Waals surface area contributed by atoms with E-state index in [0.29, 0.717) is 18.1 Å². The molecule has 0 atom stereocenters. The van der Waals surface area contributed by atoms with Crippen LogP contribution in [-0.4, -0.2) is 5.78 Å². The first-order valence-corrected chi connectivity index (χ1v) is 5.77. The van der Waals surface area contributed by atoms with Gasteiger partial charge in [-0.15, -0.1) is 0 Å². The summed E-state index contributed by atoms with van der Waals surface area (Å²) in [5, 5.41) is 0. The van der Waals surface area contributed by atoms with Gasteiger partial charge in [-0.1, -0.05) is 51.0 Å². The van der Waals surface area contributed by atoms with Gasteiger partial charge in [0.2, 0.25) is 0 Å². The standard InChI is InChI=1S/C14H20O/c1-4-12(5-2)10-14(15)13-9-7-6-8-11(13)3/h6-9,12H,4-5,10H2,1-3H3. The highest BCUT2D eigenvalue weighted by molar-refractivity contribution is 5.97. The van der Waals surface area contributed by atoms with Gasteiger partial charge in [0, 0.05) is 12.0 Å². The average Bonchev–Trinajstić information content (AvgIpc) is 2.26. The lowest BCUT2D eigenvalue weighted by molar-refractivity contribution is 0.0958. The lowest BCUT2D eigenvalue weighted by atomic mass is 9.92. The second kappa shape index (κ2) is 5.69. The SMILES string of the molecule is CCC(CC)CC(=O)c1ccccc1C. The summed E-state index contributed by atoms with van der Waals surface area (Å²) in [6, 6.07) is 7.84. The minimum absolute atomic E-state index is 0.293. The number of hydrogen-bond donors (Lipinski definition) is 0. The molecule has 0 bridgehead atoms. The topological polar surface area (TPSA) is 17.1 Å². The van der Waals surface area contributed by atoms with Crippen LogP contribution in [0.5, 0.6) is 0 Å². The maximum absolute atomic E-state index is 12.0. The largest absolute Gasteiger partial charge is 0.294 e. The van der Waals surface area contributed by atoms with Crippen molar-refractivity contribution in [2.75, 3.05) is 0 Å². The highest BCUT2D eigenvalue weighted by Crippen LogP contribution is 2.18. The first-order valence-electron chi connectivity index (χ1n) is 5.77. The normalized spacial score (nSPS) is 10.7. The van der Waals surface area contributed by atoms with Crippen molar-refractivity contribution in [2.24, 2.45) is 5.92 Å². The van der Waals surface area contributed by atoms with Gasteiger partial charge in [0.15, 0.2) is 5.78 Å². The molecule has 0 N–H and O–H groups in total. The number of hydrogen-bond acceptors (Lipinski definition) is 1. The van der Waals surface area contributed by atoms with Crippen molar-refractivity contribution in [3.63, 3.8) is 0 Å². The van der Waals surface area contributed by atoms with Crippen LogP contribution in [0.25, 0.3) is 0 Å². The van der Waals surface area contributed by atoms with Crippen molar-refractivity contribution < 1.29 is 4.79 Å². The van der Waals surface area contributed by atoms with Crippen LogP contribution in [0, 0.1) is 12.8 Å². The number of aryl methyl sites for hydroxylation is 1. The predicted molar refractivity (Wildman–Crippen MR) is 64.2 cm³/mol. The Morgan fingerprint density at radius 3 is 2.33 bits per heavy atom. The molecule has 1 heteroatoms. The number of Topliss-reactive ketones (excluding diaryl/α,β-unsaturated/α-hetero) is 1. The number of rotatable bonds is 5. The molecule has 1 aromatic carbocycles. The average molecular weight is 204 g/mol. The maximum atomic E-state index is 12.0. The fourth-order valence-corrected chi connectivity index (χ4v) is 1.84. The Kier molecular flexibility index (Phi) is 4.54. The summed E-state index contributed by atoms with van der Waals surface area (Å²) in [7, 11) is 0. The van der Waals surface area contributed by atoms with Crippen molar-refractivity contribution in [1.82, 2.24) is 0 Å². The van der Waals surface area contributed by atoms with E-state index in [4.69, 9.17) is 0 Å². The Morgan fingerprint density at radius 2 is 1.80 bits per heavy atom. The second-order valence-corrected chi connectivity index (χ2v) is 4.12.